The van der Waals surface area contributed by atoms with Crippen molar-refractivity contribution >= 4 is 16.7 Å². The quantitative estimate of drug-likeness (QED) is 0.582. The number of hydrogen-bond donors (Lipinski definition) is 4. The van der Waals surface area contributed by atoms with Crippen LogP contribution in [-0.2, 0) is 0 Å². The molecule has 2 aromatic rings. The summed E-state index contributed by atoms with van der Waals surface area (Å²) in [6.45, 7) is 1.88. The van der Waals surface area contributed by atoms with Gasteiger partial charge in [-0.1, -0.05) is 0 Å². The summed E-state index contributed by atoms with van der Waals surface area (Å²) in [7, 11) is 0. The fraction of sp³-hybridized carbons (Fsp3) is 0.417. The van der Waals surface area contributed by atoms with Crippen molar-refractivity contribution in [3.8, 4) is 0 Å². The van der Waals surface area contributed by atoms with E-state index in [0.717, 1.165) is 35.9 Å². The predicted molar refractivity (Wildman–Crippen MR) is 68.4 cm³/mol. The minimum Gasteiger partial charge on any atom is -0.384 e. The summed E-state index contributed by atoms with van der Waals surface area (Å²) in [5, 5.41) is 6.77. The maximum Gasteiger partial charge on any atom is 0.323 e. The zero-order valence-electron chi connectivity index (χ0n) is 9.55. The first kappa shape index (κ1) is 10.4. The van der Waals surface area contributed by atoms with Gasteiger partial charge in [0.25, 0.3) is 0 Å². The molecule has 4 N–H and O–H groups in total. The highest BCUT2D eigenvalue weighted by Crippen LogP contribution is 2.18. The molecule has 1 fully saturated rings. The summed E-state index contributed by atoms with van der Waals surface area (Å²) < 4.78 is 0. The first-order valence-corrected chi connectivity index (χ1v) is 6.00. The Morgan fingerprint density at radius 1 is 1.18 bits per heavy atom. The molecule has 1 saturated carbocycles. The van der Waals surface area contributed by atoms with Gasteiger partial charge in [0.05, 0.1) is 11.0 Å². The van der Waals surface area contributed by atoms with Gasteiger partial charge in [-0.05, 0) is 31.0 Å². The number of imidazole rings is 1. The minimum absolute atomic E-state index is 0.160. The number of nitrogens with one attached hydrogen (secondary N) is 4. The van der Waals surface area contributed by atoms with E-state index in [1.807, 2.05) is 18.2 Å². The van der Waals surface area contributed by atoms with Crippen LogP contribution in [0.25, 0.3) is 11.0 Å². The van der Waals surface area contributed by atoms with Crippen LogP contribution >= 0.6 is 0 Å². The highest BCUT2D eigenvalue weighted by atomic mass is 16.1. The van der Waals surface area contributed by atoms with Crippen LogP contribution in [-0.4, -0.2) is 29.1 Å². The van der Waals surface area contributed by atoms with Crippen molar-refractivity contribution < 1.29 is 0 Å². The van der Waals surface area contributed by atoms with Gasteiger partial charge in [-0.2, -0.15) is 0 Å². The lowest BCUT2D eigenvalue weighted by atomic mass is 10.3. The van der Waals surface area contributed by atoms with Crippen LogP contribution in [0.5, 0.6) is 0 Å². The van der Waals surface area contributed by atoms with E-state index in [-0.39, 0.29) is 5.69 Å². The molecule has 1 heterocycles. The summed E-state index contributed by atoms with van der Waals surface area (Å²) in [5.41, 5.74) is 2.56. The Kier molecular flexibility index (Phi) is 2.60. The lowest BCUT2D eigenvalue weighted by Gasteiger charge is -2.06. The number of anilines is 1. The third-order valence-electron chi connectivity index (χ3n) is 2.98. The number of rotatable bonds is 5. The van der Waals surface area contributed by atoms with Crippen LogP contribution in [0.2, 0.25) is 0 Å². The molecule has 5 heteroatoms. The molecule has 1 aliphatic carbocycles. The molecule has 0 amide bonds. The highest BCUT2D eigenvalue weighted by molar-refractivity contribution is 5.78. The molecule has 1 aliphatic rings. The van der Waals surface area contributed by atoms with Crippen LogP contribution in [0, 0.1) is 0 Å². The Morgan fingerprint density at radius 3 is 2.82 bits per heavy atom. The zero-order valence-corrected chi connectivity index (χ0v) is 9.55. The van der Waals surface area contributed by atoms with Crippen molar-refractivity contribution in [2.45, 2.75) is 18.9 Å². The van der Waals surface area contributed by atoms with Gasteiger partial charge in [0, 0.05) is 24.8 Å². The average Bonchev–Trinajstić information content (AvgIpc) is 3.05. The summed E-state index contributed by atoms with van der Waals surface area (Å²) in [4.78, 5) is 16.6. The molecule has 17 heavy (non-hydrogen) atoms. The number of aromatic amines is 2. The van der Waals surface area contributed by atoms with Crippen molar-refractivity contribution in [2.24, 2.45) is 0 Å². The van der Waals surface area contributed by atoms with Gasteiger partial charge in [-0.15, -0.1) is 0 Å². The van der Waals surface area contributed by atoms with Gasteiger partial charge in [-0.3, -0.25) is 0 Å². The number of hydrogen-bond acceptors (Lipinski definition) is 3. The van der Waals surface area contributed by atoms with E-state index in [9.17, 15) is 4.79 Å². The smallest absolute Gasteiger partial charge is 0.323 e. The third kappa shape index (κ3) is 2.50. The number of H-pyrrole nitrogens is 2. The van der Waals surface area contributed by atoms with Crippen LogP contribution in [0.15, 0.2) is 23.0 Å². The van der Waals surface area contributed by atoms with E-state index in [1.54, 1.807) is 0 Å². The molecular weight excluding hydrogens is 216 g/mol. The van der Waals surface area contributed by atoms with E-state index >= 15 is 0 Å². The lowest BCUT2D eigenvalue weighted by Crippen LogP contribution is -2.23. The largest absolute Gasteiger partial charge is 0.384 e. The molecular formula is C12H16N4O. The van der Waals surface area contributed by atoms with E-state index in [0.29, 0.717) is 0 Å². The average molecular weight is 232 g/mol. The summed E-state index contributed by atoms with van der Waals surface area (Å²) in [6.07, 6.45) is 2.63. The molecule has 0 spiro atoms. The normalized spacial score (nSPS) is 15.3. The van der Waals surface area contributed by atoms with Gasteiger partial charge in [0.2, 0.25) is 0 Å². The molecule has 1 aromatic carbocycles. The molecule has 0 atom stereocenters. The SMILES string of the molecule is O=c1[nH]c2ccc(NCCNC3CC3)cc2[nH]1. The van der Waals surface area contributed by atoms with Gasteiger partial charge < -0.3 is 20.6 Å². The molecule has 0 radical (unpaired) electrons. The molecule has 0 unspecified atom stereocenters. The molecule has 3 rings (SSSR count). The second kappa shape index (κ2) is 4.25. The van der Waals surface area contributed by atoms with Crippen molar-refractivity contribution in [1.29, 1.82) is 0 Å². The van der Waals surface area contributed by atoms with Crippen molar-refractivity contribution in [3.63, 3.8) is 0 Å². The Hall–Kier alpha value is -1.75. The highest BCUT2D eigenvalue weighted by Gasteiger charge is 2.19. The third-order valence-corrected chi connectivity index (χ3v) is 2.98. The zero-order chi connectivity index (χ0) is 11.7. The second-order valence-electron chi connectivity index (χ2n) is 4.49. The summed E-state index contributed by atoms with van der Waals surface area (Å²) in [5.74, 6) is 0. The first-order valence-electron chi connectivity index (χ1n) is 6.00. The molecule has 90 valence electrons. The molecule has 0 bridgehead atoms. The fourth-order valence-corrected chi connectivity index (χ4v) is 1.91. The minimum atomic E-state index is -0.160. The van der Waals surface area contributed by atoms with Crippen LogP contribution in [0.3, 0.4) is 0 Å². The summed E-state index contributed by atoms with van der Waals surface area (Å²) in [6, 6.07) is 6.58. The maximum absolute atomic E-state index is 11.1. The number of benzene rings is 1. The van der Waals surface area contributed by atoms with Crippen molar-refractivity contribution in [3.05, 3.63) is 28.7 Å². The van der Waals surface area contributed by atoms with E-state index in [2.05, 4.69) is 20.6 Å². The monoisotopic (exact) mass is 232 g/mol. The lowest BCUT2D eigenvalue weighted by molar-refractivity contribution is 0.701. The number of aromatic nitrogens is 2. The first-order chi connectivity index (χ1) is 8.31. The molecule has 0 saturated heterocycles. The van der Waals surface area contributed by atoms with E-state index in [1.165, 1.54) is 12.8 Å². The Morgan fingerprint density at radius 2 is 2.00 bits per heavy atom. The Bertz CT molecular complexity index is 567. The second-order valence-corrected chi connectivity index (χ2v) is 4.49. The van der Waals surface area contributed by atoms with E-state index < -0.39 is 0 Å². The van der Waals surface area contributed by atoms with Gasteiger partial charge in [0.15, 0.2) is 0 Å². The fourth-order valence-electron chi connectivity index (χ4n) is 1.91. The standard InChI is InChI=1S/C12H16N4O/c17-12-15-10-4-3-9(7-11(10)16-12)14-6-5-13-8-1-2-8/h3-4,7-8,13-14H,1-2,5-6H2,(H2,15,16,17). The topological polar surface area (TPSA) is 72.7 Å². The number of fused-ring (bicyclic) bond motifs is 1. The Balaban J connectivity index is 1.61. The van der Waals surface area contributed by atoms with Crippen LogP contribution in [0.1, 0.15) is 12.8 Å². The molecule has 0 aliphatic heterocycles. The molecule has 1 aromatic heterocycles. The van der Waals surface area contributed by atoms with E-state index in [4.69, 9.17) is 0 Å². The summed E-state index contributed by atoms with van der Waals surface area (Å²) >= 11 is 0. The van der Waals surface area contributed by atoms with Crippen LogP contribution in [0.4, 0.5) is 5.69 Å². The van der Waals surface area contributed by atoms with Gasteiger partial charge in [0.1, 0.15) is 0 Å². The van der Waals surface area contributed by atoms with Gasteiger partial charge in [-0.25, -0.2) is 4.79 Å². The molecule has 5 nitrogen and oxygen atoms in total. The Labute approximate surface area is 98.6 Å². The maximum atomic E-state index is 11.1. The van der Waals surface area contributed by atoms with Crippen molar-refractivity contribution in [2.75, 3.05) is 18.4 Å². The predicted octanol–water partition coefficient (Wildman–Crippen LogP) is 1.02. The van der Waals surface area contributed by atoms with Gasteiger partial charge >= 0.3 is 5.69 Å². The van der Waals surface area contributed by atoms with Crippen LogP contribution < -0.4 is 16.3 Å². The van der Waals surface area contributed by atoms with Crippen molar-refractivity contribution in [1.82, 2.24) is 15.3 Å².